The first-order chi connectivity index (χ1) is 15.2. The summed E-state index contributed by atoms with van der Waals surface area (Å²) in [6, 6.07) is 5.29. The van der Waals surface area contributed by atoms with Gasteiger partial charge in [0.05, 0.1) is 12.6 Å². The molecule has 2 spiro atoms. The van der Waals surface area contributed by atoms with Gasteiger partial charge in [0.25, 0.3) is 11.8 Å². The van der Waals surface area contributed by atoms with E-state index >= 15 is 0 Å². The van der Waals surface area contributed by atoms with Gasteiger partial charge in [0.2, 0.25) is 0 Å². The molecule has 1 unspecified atom stereocenters. The molecule has 1 N–H and O–H groups in total. The van der Waals surface area contributed by atoms with Crippen molar-refractivity contribution < 1.29 is 23.1 Å². The van der Waals surface area contributed by atoms with E-state index in [1.165, 1.54) is 7.05 Å². The van der Waals surface area contributed by atoms with E-state index in [0.717, 1.165) is 41.7 Å². The second kappa shape index (κ2) is 7.97. The van der Waals surface area contributed by atoms with Gasteiger partial charge in [-0.3, -0.25) is 9.69 Å². The van der Waals surface area contributed by atoms with E-state index in [9.17, 15) is 18.4 Å². The second-order valence-electron chi connectivity index (χ2n) is 9.31. The highest BCUT2D eigenvalue weighted by Gasteiger charge is 2.67. The lowest BCUT2D eigenvalue weighted by Gasteiger charge is -2.46. The SMILES string of the molecule is CC.COC1CCC2(CC1)Cc1ccc(N3CCC(F)(F)C3)cc1C21NC(=O)N(C)C1=O. The van der Waals surface area contributed by atoms with Crippen LogP contribution in [0.2, 0.25) is 0 Å². The minimum Gasteiger partial charge on any atom is -0.381 e. The highest BCUT2D eigenvalue weighted by Crippen LogP contribution is 2.60. The van der Waals surface area contributed by atoms with E-state index in [2.05, 4.69) is 5.32 Å². The van der Waals surface area contributed by atoms with Gasteiger partial charge in [-0.2, -0.15) is 0 Å². The van der Waals surface area contributed by atoms with Crippen molar-refractivity contribution in [3.05, 3.63) is 29.3 Å². The maximum Gasteiger partial charge on any atom is 0.325 e. The van der Waals surface area contributed by atoms with Crippen molar-refractivity contribution in [1.82, 2.24) is 10.2 Å². The number of hydrogen-bond donors (Lipinski definition) is 1. The first-order valence-corrected chi connectivity index (χ1v) is 11.6. The number of hydrogen-bond acceptors (Lipinski definition) is 4. The number of anilines is 1. The molecule has 1 saturated carbocycles. The third kappa shape index (κ3) is 3.21. The number of benzene rings is 1. The van der Waals surface area contributed by atoms with Crippen LogP contribution in [-0.2, 0) is 21.5 Å². The van der Waals surface area contributed by atoms with E-state index in [4.69, 9.17) is 4.74 Å². The molecule has 1 atom stereocenters. The summed E-state index contributed by atoms with van der Waals surface area (Å²) in [4.78, 5) is 29.0. The van der Waals surface area contributed by atoms with Gasteiger partial charge in [0.1, 0.15) is 0 Å². The Morgan fingerprint density at radius 3 is 2.34 bits per heavy atom. The number of carbonyl (C=O) groups is 2. The van der Waals surface area contributed by atoms with Gasteiger partial charge >= 0.3 is 6.03 Å². The fourth-order valence-electron chi connectivity index (χ4n) is 6.12. The van der Waals surface area contributed by atoms with E-state index in [-0.39, 0.29) is 31.5 Å². The Morgan fingerprint density at radius 2 is 1.81 bits per heavy atom. The predicted molar refractivity (Wildman–Crippen MR) is 118 cm³/mol. The van der Waals surface area contributed by atoms with Crippen LogP contribution in [0.15, 0.2) is 18.2 Å². The molecule has 2 saturated heterocycles. The van der Waals surface area contributed by atoms with Crippen molar-refractivity contribution >= 4 is 17.6 Å². The maximum absolute atomic E-state index is 13.8. The lowest BCUT2D eigenvalue weighted by molar-refractivity contribution is -0.137. The zero-order chi connectivity index (χ0) is 23.3. The summed E-state index contributed by atoms with van der Waals surface area (Å²) in [6.45, 7) is 3.96. The van der Waals surface area contributed by atoms with Crippen molar-refractivity contribution in [3.63, 3.8) is 0 Å². The van der Waals surface area contributed by atoms with Gasteiger partial charge in [-0.15, -0.1) is 0 Å². The molecule has 1 aromatic rings. The number of halogens is 2. The van der Waals surface area contributed by atoms with Crippen molar-refractivity contribution in [2.24, 2.45) is 5.41 Å². The van der Waals surface area contributed by atoms with Gasteiger partial charge in [0, 0.05) is 38.2 Å². The molecule has 2 heterocycles. The van der Waals surface area contributed by atoms with Gasteiger partial charge in [-0.1, -0.05) is 19.9 Å². The molecule has 8 heteroatoms. The Labute approximate surface area is 188 Å². The number of nitrogens with one attached hydrogen (secondary N) is 1. The van der Waals surface area contributed by atoms with E-state index in [1.54, 1.807) is 12.0 Å². The highest BCUT2D eigenvalue weighted by molar-refractivity contribution is 6.08. The maximum atomic E-state index is 13.8. The number of rotatable bonds is 2. The summed E-state index contributed by atoms with van der Waals surface area (Å²) in [5, 5.41) is 3.04. The summed E-state index contributed by atoms with van der Waals surface area (Å²) < 4.78 is 33.1. The molecule has 3 amide bonds. The van der Waals surface area contributed by atoms with Crippen LogP contribution >= 0.6 is 0 Å². The van der Waals surface area contributed by atoms with Gasteiger partial charge < -0.3 is 15.0 Å². The van der Waals surface area contributed by atoms with Crippen molar-refractivity contribution in [1.29, 1.82) is 0 Å². The van der Waals surface area contributed by atoms with Crippen LogP contribution in [-0.4, -0.2) is 56.1 Å². The molecule has 0 bridgehead atoms. The number of methoxy groups -OCH3 is 1. The molecular weight excluding hydrogens is 416 g/mol. The summed E-state index contributed by atoms with van der Waals surface area (Å²) in [5.41, 5.74) is 0.920. The largest absolute Gasteiger partial charge is 0.381 e. The minimum absolute atomic E-state index is 0.156. The zero-order valence-electron chi connectivity index (χ0n) is 19.3. The van der Waals surface area contributed by atoms with E-state index < -0.39 is 22.9 Å². The molecule has 4 aliphatic rings. The number of alkyl halides is 2. The molecule has 2 aliphatic carbocycles. The Kier molecular flexibility index (Phi) is 5.72. The van der Waals surface area contributed by atoms with E-state index in [1.807, 2.05) is 32.0 Å². The second-order valence-corrected chi connectivity index (χ2v) is 9.31. The number of amides is 3. The fourth-order valence-corrected chi connectivity index (χ4v) is 6.12. The Bertz CT molecular complexity index is 914. The van der Waals surface area contributed by atoms with Gasteiger partial charge in [-0.25, -0.2) is 13.6 Å². The van der Waals surface area contributed by atoms with Crippen LogP contribution in [0.25, 0.3) is 0 Å². The lowest BCUT2D eigenvalue weighted by Crippen LogP contribution is -2.56. The first-order valence-electron chi connectivity index (χ1n) is 11.6. The summed E-state index contributed by atoms with van der Waals surface area (Å²) in [6.07, 6.45) is 3.84. The number of likely N-dealkylation sites (N-methyl/N-ethyl adjacent to an activating group) is 1. The average molecular weight is 450 g/mol. The number of nitrogens with zero attached hydrogens (tertiary/aromatic N) is 2. The van der Waals surface area contributed by atoms with E-state index in [0.29, 0.717) is 12.1 Å². The zero-order valence-corrected chi connectivity index (χ0v) is 19.3. The molecule has 32 heavy (non-hydrogen) atoms. The number of ether oxygens (including phenoxy) is 1. The molecule has 6 nitrogen and oxygen atoms in total. The fraction of sp³-hybridized carbons (Fsp3) is 0.667. The third-order valence-corrected chi connectivity index (χ3v) is 7.80. The quantitative estimate of drug-likeness (QED) is 0.692. The van der Waals surface area contributed by atoms with Crippen molar-refractivity contribution in [3.8, 4) is 0 Å². The number of fused-ring (bicyclic) bond motifs is 3. The summed E-state index contributed by atoms with van der Waals surface area (Å²) >= 11 is 0. The molecular formula is C24H33F2N3O3. The van der Waals surface area contributed by atoms with Crippen LogP contribution in [0.4, 0.5) is 19.3 Å². The third-order valence-electron chi connectivity index (χ3n) is 7.80. The summed E-state index contributed by atoms with van der Waals surface area (Å²) in [5.74, 6) is -2.94. The highest BCUT2D eigenvalue weighted by atomic mass is 19.3. The normalized spacial score (nSPS) is 32.9. The van der Waals surface area contributed by atoms with Gasteiger partial charge in [-0.05, 0) is 55.4 Å². The predicted octanol–water partition coefficient (Wildman–Crippen LogP) is 4.07. The van der Waals surface area contributed by atoms with Crippen molar-refractivity contribution in [2.45, 2.75) is 69.9 Å². The smallest absolute Gasteiger partial charge is 0.325 e. The number of urea groups is 1. The van der Waals surface area contributed by atoms with Crippen LogP contribution in [0.5, 0.6) is 0 Å². The number of imide groups is 1. The molecule has 0 aromatic heterocycles. The Morgan fingerprint density at radius 1 is 1.12 bits per heavy atom. The topological polar surface area (TPSA) is 61.9 Å². The molecule has 1 aromatic carbocycles. The molecule has 5 rings (SSSR count). The minimum atomic E-state index is -2.70. The van der Waals surface area contributed by atoms with Crippen LogP contribution in [0, 0.1) is 5.41 Å². The molecule has 3 fully saturated rings. The molecule has 0 radical (unpaired) electrons. The first kappa shape index (κ1) is 23.0. The lowest BCUT2D eigenvalue weighted by atomic mass is 9.61. The Hall–Kier alpha value is -2.22. The van der Waals surface area contributed by atoms with Crippen molar-refractivity contribution in [2.75, 3.05) is 32.1 Å². The van der Waals surface area contributed by atoms with Crippen LogP contribution in [0.1, 0.15) is 57.1 Å². The standard InChI is InChI=1S/C22H27F2N3O3.C2H6/c1-26-18(28)22(25-19(26)29)17-11-15(27-10-9-21(23,24)13-27)4-3-14(17)12-20(22)7-5-16(30-2)6-8-20;1-2/h3-4,11,16H,5-10,12-13H2,1-2H3,(H,25,29);1-2H3. The monoisotopic (exact) mass is 449 g/mol. The molecule has 176 valence electrons. The van der Waals surface area contributed by atoms with Crippen LogP contribution in [0.3, 0.4) is 0 Å². The van der Waals surface area contributed by atoms with Gasteiger partial charge in [0.15, 0.2) is 5.54 Å². The summed E-state index contributed by atoms with van der Waals surface area (Å²) in [7, 11) is 3.21. The number of carbonyl (C=O) groups excluding carboxylic acids is 2. The average Bonchev–Trinajstić information content (AvgIpc) is 3.37. The van der Waals surface area contributed by atoms with Crippen LogP contribution < -0.4 is 10.2 Å². The molecule has 2 aliphatic heterocycles. The Balaban J connectivity index is 0.00000119.